The summed E-state index contributed by atoms with van der Waals surface area (Å²) >= 11 is 0. The number of nitrogens with one attached hydrogen (secondary N) is 1. The number of ether oxygens (including phenoxy) is 2. The second kappa shape index (κ2) is 9.08. The zero-order chi connectivity index (χ0) is 22.5. The molecule has 0 aliphatic carbocycles. The molecule has 0 unspecified atom stereocenters. The van der Waals surface area contributed by atoms with Gasteiger partial charge in [0, 0.05) is 11.6 Å². The summed E-state index contributed by atoms with van der Waals surface area (Å²) in [6, 6.07) is 12.5. The number of hydrogen-bond donors (Lipinski definition) is 1. The molecule has 1 heterocycles. The fraction of sp³-hybridized carbons (Fsp3) is 0.190. The number of anilines is 1. The first kappa shape index (κ1) is 21.5. The molecule has 31 heavy (non-hydrogen) atoms. The number of esters is 1. The quantitative estimate of drug-likeness (QED) is 0.237. The summed E-state index contributed by atoms with van der Waals surface area (Å²) in [7, 11) is 0. The van der Waals surface area contributed by atoms with Gasteiger partial charge in [-0.15, -0.1) is 0 Å². The monoisotopic (exact) mass is 425 g/mol. The number of benzene rings is 2. The first-order chi connectivity index (χ1) is 14.8. The van der Waals surface area contributed by atoms with Gasteiger partial charge < -0.3 is 9.47 Å². The SMILES string of the molecule is CCOC(=O)[C@H](C)Oc1c(/C=C2/C(=O)NN(c3ccccc3)C2=O)cccc1[N+](=O)[O-]. The van der Waals surface area contributed by atoms with Gasteiger partial charge >= 0.3 is 11.7 Å². The Balaban J connectivity index is 2.00. The number of carbonyl (C=O) groups excluding carboxylic acids is 3. The van der Waals surface area contributed by atoms with Crippen LogP contribution in [0.5, 0.6) is 5.75 Å². The van der Waals surface area contributed by atoms with Gasteiger partial charge in [-0.3, -0.25) is 25.1 Å². The highest BCUT2D eigenvalue weighted by atomic mass is 16.6. The Labute approximate surface area is 177 Å². The predicted octanol–water partition coefficient (Wildman–Crippen LogP) is 2.39. The van der Waals surface area contributed by atoms with E-state index in [2.05, 4.69) is 5.43 Å². The van der Waals surface area contributed by atoms with E-state index in [9.17, 15) is 24.5 Å². The second-order valence-electron chi connectivity index (χ2n) is 6.44. The van der Waals surface area contributed by atoms with Crippen LogP contribution in [-0.4, -0.2) is 35.4 Å². The second-order valence-corrected chi connectivity index (χ2v) is 6.44. The zero-order valence-corrected chi connectivity index (χ0v) is 16.7. The minimum absolute atomic E-state index is 0.0961. The fourth-order valence-electron chi connectivity index (χ4n) is 2.88. The van der Waals surface area contributed by atoms with Gasteiger partial charge in [-0.25, -0.2) is 9.80 Å². The molecule has 1 fully saturated rings. The van der Waals surface area contributed by atoms with Crippen molar-refractivity contribution in [1.82, 2.24) is 5.43 Å². The molecule has 10 nitrogen and oxygen atoms in total. The summed E-state index contributed by atoms with van der Waals surface area (Å²) in [5, 5.41) is 12.6. The molecule has 1 saturated heterocycles. The summed E-state index contributed by atoms with van der Waals surface area (Å²) in [5.74, 6) is -2.26. The average Bonchev–Trinajstić information content (AvgIpc) is 3.03. The average molecular weight is 425 g/mol. The van der Waals surface area contributed by atoms with Crippen LogP contribution in [0.1, 0.15) is 19.4 Å². The number of carbonyl (C=O) groups is 3. The van der Waals surface area contributed by atoms with E-state index in [1.807, 2.05) is 0 Å². The van der Waals surface area contributed by atoms with Gasteiger partial charge in [-0.05, 0) is 32.1 Å². The van der Waals surface area contributed by atoms with E-state index in [0.29, 0.717) is 5.69 Å². The van der Waals surface area contributed by atoms with E-state index in [1.54, 1.807) is 37.3 Å². The molecular weight excluding hydrogens is 406 g/mol. The lowest BCUT2D eigenvalue weighted by atomic mass is 10.1. The van der Waals surface area contributed by atoms with E-state index in [1.165, 1.54) is 31.2 Å². The minimum Gasteiger partial charge on any atom is -0.471 e. The van der Waals surface area contributed by atoms with Gasteiger partial charge in [0.05, 0.1) is 17.2 Å². The first-order valence-electron chi connectivity index (χ1n) is 9.36. The van der Waals surface area contributed by atoms with Crippen molar-refractivity contribution in [3.8, 4) is 5.75 Å². The molecule has 0 spiro atoms. The number of nitrogens with zero attached hydrogens (tertiary/aromatic N) is 2. The van der Waals surface area contributed by atoms with Crippen molar-refractivity contribution in [1.29, 1.82) is 0 Å². The fourth-order valence-corrected chi connectivity index (χ4v) is 2.88. The van der Waals surface area contributed by atoms with Gasteiger partial charge in [-0.1, -0.05) is 30.3 Å². The number of hydrazine groups is 1. The van der Waals surface area contributed by atoms with Crippen molar-refractivity contribution in [2.45, 2.75) is 20.0 Å². The summed E-state index contributed by atoms with van der Waals surface area (Å²) in [6.07, 6.45) is 0.0491. The lowest BCUT2D eigenvalue weighted by Gasteiger charge is -2.15. The van der Waals surface area contributed by atoms with Crippen LogP contribution < -0.4 is 15.2 Å². The van der Waals surface area contributed by atoms with Crippen LogP contribution in [0.4, 0.5) is 11.4 Å². The van der Waals surface area contributed by atoms with Gasteiger partial charge in [0.2, 0.25) is 5.75 Å². The number of rotatable bonds is 7. The largest absolute Gasteiger partial charge is 0.471 e. The van der Waals surface area contributed by atoms with Gasteiger partial charge in [-0.2, -0.15) is 0 Å². The van der Waals surface area contributed by atoms with Crippen LogP contribution in [-0.2, 0) is 19.1 Å². The van der Waals surface area contributed by atoms with Crippen LogP contribution in [0.3, 0.4) is 0 Å². The molecular formula is C21H19N3O7. The zero-order valence-electron chi connectivity index (χ0n) is 16.7. The Hall–Kier alpha value is -4.21. The Morgan fingerprint density at radius 1 is 1.19 bits per heavy atom. The van der Waals surface area contributed by atoms with Crippen LogP contribution in [0, 0.1) is 10.1 Å². The smallest absolute Gasteiger partial charge is 0.347 e. The maximum atomic E-state index is 12.8. The van der Waals surface area contributed by atoms with Crippen molar-refractivity contribution in [2.24, 2.45) is 0 Å². The van der Waals surface area contributed by atoms with Crippen molar-refractivity contribution < 1.29 is 28.8 Å². The number of hydrogen-bond acceptors (Lipinski definition) is 7. The predicted molar refractivity (Wildman–Crippen MR) is 110 cm³/mol. The molecule has 2 aromatic carbocycles. The first-order valence-corrected chi connectivity index (χ1v) is 9.36. The number of para-hydroxylation sites is 2. The highest BCUT2D eigenvalue weighted by Gasteiger charge is 2.35. The third-order valence-corrected chi connectivity index (χ3v) is 4.34. The topological polar surface area (TPSA) is 128 Å². The molecule has 0 aromatic heterocycles. The Kier molecular flexibility index (Phi) is 6.29. The molecule has 2 amide bonds. The number of nitro groups is 1. The van der Waals surface area contributed by atoms with Crippen molar-refractivity contribution in [3.63, 3.8) is 0 Å². The normalized spacial score (nSPS) is 15.5. The van der Waals surface area contributed by atoms with Gasteiger partial charge in [0.1, 0.15) is 5.57 Å². The van der Waals surface area contributed by atoms with Crippen LogP contribution in [0.15, 0.2) is 54.1 Å². The highest BCUT2D eigenvalue weighted by Crippen LogP contribution is 2.34. The number of amides is 2. The van der Waals surface area contributed by atoms with Crippen molar-refractivity contribution in [3.05, 3.63) is 69.8 Å². The summed E-state index contributed by atoms with van der Waals surface area (Å²) in [6.45, 7) is 3.12. The molecule has 3 rings (SSSR count). The van der Waals surface area contributed by atoms with Crippen LogP contribution in [0.25, 0.3) is 6.08 Å². The molecule has 1 N–H and O–H groups in total. The highest BCUT2D eigenvalue weighted by molar-refractivity contribution is 6.31. The Morgan fingerprint density at radius 2 is 1.90 bits per heavy atom. The molecule has 0 bridgehead atoms. The maximum absolute atomic E-state index is 12.8. The summed E-state index contributed by atoms with van der Waals surface area (Å²) in [4.78, 5) is 48.0. The summed E-state index contributed by atoms with van der Waals surface area (Å²) in [5.41, 5.74) is 2.34. The molecule has 0 saturated carbocycles. The van der Waals surface area contributed by atoms with E-state index < -0.39 is 34.5 Å². The maximum Gasteiger partial charge on any atom is 0.347 e. The number of nitro benzene ring substituents is 1. The van der Waals surface area contributed by atoms with Crippen molar-refractivity contribution in [2.75, 3.05) is 11.6 Å². The molecule has 10 heteroatoms. The van der Waals surface area contributed by atoms with Crippen LogP contribution >= 0.6 is 0 Å². The molecule has 1 atom stereocenters. The minimum atomic E-state index is -1.15. The standard InChI is InChI=1S/C21H19N3O7/c1-3-30-21(27)13(2)31-18-14(8-7-11-17(18)24(28)29)12-16-19(25)22-23(20(16)26)15-9-5-4-6-10-15/h4-13H,3H2,1-2H3,(H,22,25)/b16-12-/t13-/m0/s1. The molecule has 160 valence electrons. The lowest BCUT2D eigenvalue weighted by molar-refractivity contribution is -0.386. The Bertz CT molecular complexity index is 1070. The van der Waals surface area contributed by atoms with Gasteiger partial charge in [0.15, 0.2) is 6.10 Å². The molecule has 0 radical (unpaired) electrons. The lowest BCUT2D eigenvalue weighted by Crippen LogP contribution is -2.35. The van der Waals surface area contributed by atoms with Gasteiger partial charge in [0.25, 0.3) is 11.8 Å². The molecule has 1 aliphatic heterocycles. The van der Waals surface area contributed by atoms with Crippen molar-refractivity contribution >= 4 is 35.2 Å². The molecule has 2 aromatic rings. The van der Waals surface area contributed by atoms with E-state index in [0.717, 1.165) is 5.01 Å². The summed E-state index contributed by atoms with van der Waals surface area (Å²) < 4.78 is 10.4. The van der Waals surface area contributed by atoms with Crippen LogP contribution in [0.2, 0.25) is 0 Å². The molecule has 1 aliphatic rings. The third kappa shape index (κ3) is 4.53. The Morgan fingerprint density at radius 3 is 2.55 bits per heavy atom. The van der Waals surface area contributed by atoms with E-state index in [-0.39, 0.29) is 23.5 Å². The third-order valence-electron chi connectivity index (χ3n) is 4.34. The van der Waals surface area contributed by atoms with E-state index in [4.69, 9.17) is 9.47 Å². The van der Waals surface area contributed by atoms with E-state index >= 15 is 0 Å².